The Hall–Kier alpha value is -3.78. The van der Waals surface area contributed by atoms with Gasteiger partial charge in [-0.2, -0.15) is 0 Å². The third-order valence-electron chi connectivity index (χ3n) is 5.22. The maximum Gasteiger partial charge on any atom is 0.326 e. The molecule has 7 nitrogen and oxygen atoms in total. The van der Waals surface area contributed by atoms with E-state index in [1.54, 1.807) is 54.1 Å². The van der Waals surface area contributed by atoms with Gasteiger partial charge in [-0.15, -0.1) is 0 Å². The zero-order chi connectivity index (χ0) is 22.3. The Morgan fingerprint density at radius 1 is 1.13 bits per heavy atom. The van der Waals surface area contributed by atoms with Crippen molar-refractivity contribution >= 4 is 57.8 Å². The number of aliphatic carboxylic acids is 1. The zero-order valence-electron chi connectivity index (χ0n) is 16.8. The lowest BCUT2D eigenvalue weighted by molar-refractivity contribution is -0.140. The standard InChI is InChI=1S/C23H19N3O4S/c1-13-3-6-17(7-4-13)26-21(28)18(20(27)24-23(26)31)12-15-5-8-19-16(11-15)9-10-25(19)14(2)22(29)30/h3-12,14H,1-2H3,(H,29,30)(H,24,27,31)/b18-12+/t14-/m0/s1. The highest BCUT2D eigenvalue weighted by atomic mass is 32.1. The first-order valence-corrected chi connectivity index (χ1v) is 9.98. The van der Waals surface area contributed by atoms with E-state index in [4.69, 9.17) is 12.2 Å². The molecule has 31 heavy (non-hydrogen) atoms. The summed E-state index contributed by atoms with van der Waals surface area (Å²) in [5, 5.41) is 12.7. The first-order chi connectivity index (χ1) is 14.8. The number of thiocarbonyl (C=S) groups is 1. The van der Waals surface area contributed by atoms with Gasteiger partial charge in [-0.05, 0) is 68.0 Å². The van der Waals surface area contributed by atoms with Gasteiger partial charge in [-0.3, -0.25) is 19.8 Å². The molecule has 0 radical (unpaired) electrons. The van der Waals surface area contributed by atoms with Gasteiger partial charge in [0.1, 0.15) is 11.6 Å². The minimum absolute atomic E-state index is 0.0335. The van der Waals surface area contributed by atoms with Crippen molar-refractivity contribution in [2.75, 3.05) is 4.90 Å². The van der Waals surface area contributed by atoms with E-state index < -0.39 is 23.8 Å². The van der Waals surface area contributed by atoms with E-state index in [2.05, 4.69) is 5.32 Å². The number of carbonyl (C=O) groups is 3. The highest BCUT2D eigenvalue weighted by Crippen LogP contribution is 2.25. The Kier molecular flexibility index (Phi) is 5.16. The molecule has 0 spiro atoms. The Morgan fingerprint density at radius 3 is 2.52 bits per heavy atom. The van der Waals surface area contributed by atoms with Crippen LogP contribution in [0.25, 0.3) is 17.0 Å². The van der Waals surface area contributed by atoms with Crippen LogP contribution in [0.5, 0.6) is 0 Å². The monoisotopic (exact) mass is 433 g/mol. The van der Waals surface area contributed by atoms with Gasteiger partial charge >= 0.3 is 5.97 Å². The molecular weight excluding hydrogens is 414 g/mol. The second-order valence-corrected chi connectivity index (χ2v) is 7.74. The third kappa shape index (κ3) is 3.73. The maximum atomic E-state index is 13.1. The summed E-state index contributed by atoms with van der Waals surface area (Å²) in [7, 11) is 0. The van der Waals surface area contributed by atoms with Crippen molar-refractivity contribution in [3.63, 3.8) is 0 Å². The number of aryl methyl sites for hydroxylation is 1. The topological polar surface area (TPSA) is 91.6 Å². The van der Waals surface area contributed by atoms with Crippen LogP contribution >= 0.6 is 12.2 Å². The molecule has 2 heterocycles. The number of amides is 2. The van der Waals surface area contributed by atoms with Crippen molar-refractivity contribution in [3.05, 3.63) is 71.4 Å². The number of benzene rings is 2. The van der Waals surface area contributed by atoms with Crippen molar-refractivity contribution < 1.29 is 19.5 Å². The third-order valence-corrected chi connectivity index (χ3v) is 5.51. The van der Waals surface area contributed by atoms with Crippen molar-refractivity contribution in [2.45, 2.75) is 19.9 Å². The largest absolute Gasteiger partial charge is 0.480 e. The summed E-state index contributed by atoms with van der Waals surface area (Å²) in [6.07, 6.45) is 3.22. The molecular formula is C23H19N3O4S. The van der Waals surface area contributed by atoms with Crippen molar-refractivity contribution in [1.82, 2.24) is 9.88 Å². The molecule has 0 aliphatic carbocycles. The lowest BCUT2D eigenvalue weighted by Gasteiger charge is -2.29. The number of hydrogen-bond donors (Lipinski definition) is 2. The summed E-state index contributed by atoms with van der Waals surface area (Å²) >= 11 is 5.22. The van der Waals surface area contributed by atoms with Crippen LogP contribution in [0.3, 0.4) is 0 Å². The van der Waals surface area contributed by atoms with Crippen LogP contribution in [-0.2, 0) is 14.4 Å². The van der Waals surface area contributed by atoms with Crippen LogP contribution in [0, 0.1) is 6.92 Å². The van der Waals surface area contributed by atoms with Gasteiger partial charge in [-0.25, -0.2) is 4.79 Å². The first kappa shape index (κ1) is 20.5. The molecule has 1 aliphatic rings. The van der Waals surface area contributed by atoms with Gasteiger partial charge in [-0.1, -0.05) is 23.8 Å². The molecule has 2 aromatic carbocycles. The lowest BCUT2D eigenvalue weighted by atomic mass is 10.1. The molecule has 2 amide bonds. The van der Waals surface area contributed by atoms with Crippen LogP contribution in [0.15, 0.2) is 60.3 Å². The van der Waals surface area contributed by atoms with Crippen molar-refractivity contribution in [1.29, 1.82) is 0 Å². The normalized spacial score (nSPS) is 16.6. The molecule has 1 atom stereocenters. The SMILES string of the molecule is Cc1ccc(N2C(=O)/C(=C/c3ccc4c(ccn4[C@@H](C)C(=O)O)c3)C(=O)NC2=S)cc1. The summed E-state index contributed by atoms with van der Waals surface area (Å²) < 4.78 is 1.66. The highest BCUT2D eigenvalue weighted by Gasteiger charge is 2.34. The molecule has 4 rings (SSSR count). The molecule has 8 heteroatoms. The van der Waals surface area contributed by atoms with E-state index in [1.165, 1.54) is 11.0 Å². The number of carboxylic acids is 1. The van der Waals surface area contributed by atoms with Crippen LogP contribution in [0.1, 0.15) is 24.1 Å². The second kappa shape index (κ2) is 7.81. The molecule has 0 bridgehead atoms. The Bertz CT molecular complexity index is 1270. The highest BCUT2D eigenvalue weighted by molar-refractivity contribution is 7.80. The summed E-state index contributed by atoms with van der Waals surface area (Å²) in [5.74, 6) is -1.99. The van der Waals surface area contributed by atoms with E-state index in [1.807, 2.05) is 19.1 Å². The minimum atomic E-state index is -0.930. The molecule has 1 fully saturated rings. The van der Waals surface area contributed by atoms with Gasteiger partial charge in [0.15, 0.2) is 5.11 Å². The van der Waals surface area contributed by atoms with Crippen LogP contribution in [0.4, 0.5) is 5.69 Å². The van der Waals surface area contributed by atoms with E-state index in [-0.39, 0.29) is 10.7 Å². The van der Waals surface area contributed by atoms with Gasteiger partial charge in [0.05, 0.1) is 5.69 Å². The van der Waals surface area contributed by atoms with Crippen LogP contribution in [-0.4, -0.2) is 32.6 Å². The number of anilines is 1. The fraction of sp³-hybridized carbons (Fsp3) is 0.130. The van der Waals surface area contributed by atoms with E-state index in [9.17, 15) is 19.5 Å². The summed E-state index contributed by atoms with van der Waals surface area (Å²) in [6.45, 7) is 3.54. The lowest BCUT2D eigenvalue weighted by Crippen LogP contribution is -2.54. The predicted molar refractivity (Wildman–Crippen MR) is 122 cm³/mol. The van der Waals surface area contributed by atoms with Crippen LogP contribution in [0.2, 0.25) is 0 Å². The molecule has 1 aromatic heterocycles. The van der Waals surface area contributed by atoms with E-state index in [0.29, 0.717) is 11.3 Å². The van der Waals surface area contributed by atoms with E-state index >= 15 is 0 Å². The quantitative estimate of drug-likeness (QED) is 0.374. The number of nitrogens with one attached hydrogen (secondary N) is 1. The maximum absolute atomic E-state index is 13.1. The summed E-state index contributed by atoms with van der Waals surface area (Å²) in [6, 6.07) is 13.7. The smallest absolute Gasteiger partial charge is 0.326 e. The molecule has 2 N–H and O–H groups in total. The predicted octanol–water partition coefficient (Wildman–Crippen LogP) is 3.43. The Morgan fingerprint density at radius 2 is 1.84 bits per heavy atom. The Labute approximate surface area is 183 Å². The average molecular weight is 433 g/mol. The van der Waals surface area contributed by atoms with Gasteiger partial charge in [0, 0.05) is 17.1 Å². The van der Waals surface area contributed by atoms with Gasteiger partial charge < -0.3 is 9.67 Å². The van der Waals surface area contributed by atoms with Crippen LogP contribution < -0.4 is 10.2 Å². The fourth-order valence-electron chi connectivity index (χ4n) is 3.48. The molecule has 1 saturated heterocycles. The fourth-order valence-corrected chi connectivity index (χ4v) is 3.76. The van der Waals surface area contributed by atoms with Crippen molar-refractivity contribution in [2.24, 2.45) is 0 Å². The number of nitrogens with zero attached hydrogens (tertiary/aromatic N) is 2. The Balaban J connectivity index is 1.71. The average Bonchev–Trinajstić information content (AvgIpc) is 3.15. The number of hydrogen-bond acceptors (Lipinski definition) is 4. The number of carbonyl (C=O) groups excluding carboxylic acids is 2. The number of rotatable bonds is 4. The summed E-state index contributed by atoms with van der Waals surface area (Å²) in [5.41, 5.74) is 2.97. The molecule has 156 valence electrons. The number of aromatic nitrogens is 1. The number of carboxylic acid groups (broad SMARTS) is 1. The summed E-state index contributed by atoms with van der Waals surface area (Å²) in [4.78, 5) is 38.2. The minimum Gasteiger partial charge on any atom is -0.480 e. The number of fused-ring (bicyclic) bond motifs is 1. The molecule has 1 aliphatic heterocycles. The first-order valence-electron chi connectivity index (χ1n) is 9.58. The molecule has 0 saturated carbocycles. The van der Waals surface area contributed by atoms with Gasteiger partial charge in [0.25, 0.3) is 11.8 Å². The van der Waals surface area contributed by atoms with Crippen molar-refractivity contribution in [3.8, 4) is 0 Å². The molecule has 0 unspecified atom stereocenters. The molecule has 3 aromatic rings. The van der Waals surface area contributed by atoms with E-state index in [0.717, 1.165) is 16.5 Å². The van der Waals surface area contributed by atoms with Gasteiger partial charge in [0.2, 0.25) is 0 Å². The zero-order valence-corrected chi connectivity index (χ0v) is 17.6. The second-order valence-electron chi connectivity index (χ2n) is 7.35.